The van der Waals surface area contributed by atoms with Crippen LogP contribution in [-0.2, 0) is 0 Å². The first-order valence-electron chi connectivity index (χ1n) is 6.80. The highest BCUT2D eigenvalue weighted by atomic mass is 16.4. The van der Waals surface area contributed by atoms with E-state index >= 15 is 0 Å². The van der Waals surface area contributed by atoms with E-state index in [1.807, 2.05) is 18.2 Å². The van der Waals surface area contributed by atoms with Crippen LogP contribution in [0.2, 0.25) is 0 Å². The van der Waals surface area contributed by atoms with Gasteiger partial charge in [-0.1, -0.05) is 55.8 Å². The second-order valence-electron chi connectivity index (χ2n) is 5.17. The molecule has 0 fully saturated rings. The Morgan fingerprint density at radius 1 is 1.37 bits per heavy atom. The number of rotatable bonds is 7. The van der Waals surface area contributed by atoms with Crippen molar-refractivity contribution in [2.75, 3.05) is 13.6 Å². The first kappa shape index (κ1) is 15.5. The Bertz CT molecular complexity index is 392. The Hall–Kier alpha value is -1.55. The quantitative estimate of drug-likeness (QED) is 0.344. The number of oxime groups is 1. The van der Waals surface area contributed by atoms with Gasteiger partial charge >= 0.3 is 0 Å². The molecule has 0 radical (unpaired) electrons. The normalized spacial score (nSPS) is 15.5. The van der Waals surface area contributed by atoms with Crippen LogP contribution < -0.4 is 5.73 Å². The molecule has 0 aliphatic heterocycles. The highest BCUT2D eigenvalue weighted by Crippen LogP contribution is 2.24. The molecule has 106 valence electrons. The molecule has 0 heterocycles. The average Bonchev–Trinajstić information content (AvgIpc) is 2.44. The van der Waals surface area contributed by atoms with Crippen molar-refractivity contribution in [2.24, 2.45) is 16.8 Å². The SMILES string of the molecule is CCC(C)CN(C)C(CC(N)=NO)c1ccccc1. The van der Waals surface area contributed by atoms with Crippen molar-refractivity contribution in [1.82, 2.24) is 4.90 Å². The Labute approximate surface area is 115 Å². The zero-order valence-corrected chi connectivity index (χ0v) is 12.1. The Morgan fingerprint density at radius 3 is 2.53 bits per heavy atom. The number of hydrogen-bond donors (Lipinski definition) is 2. The predicted molar refractivity (Wildman–Crippen MR) is 79.3 cm³/mol. The monoisotopic (exact) mass is 263 g/mol. The van der Waals surface area contributed by atoms with Crippen LogP contribution in [0.25, 0.3) is 0 Å². The lowest BCUT2D eigenvalue weighted by Gasteiger charge is -2.30. The van der Waals surface area contributed by atoms with Crippen molar-refractivity contribution in [3.8, 4) is 0 Å². The number of hydrogen-bond acceptors (Lipinski definition) is 3. The van der Waals surface area contributed by atoms with Crippen molar-refractivity contribution in [1.29, 1.82) is 0 Å². The Kier molecular flexibility index (Phi) is 6.36. The van der Waals surface area contributed by atoms with Gasteiger partial charge in [-0.05, 0) is 18.5 Å². The minimum Gasteiger partial charge on any atom is -0.409 e. The molecule has 0 amide bonds. The summed E-state index contributed by atoms with van der Waals surface area (Å²) in [4.78, 5) is 2.28. The number of benzene rings is 1. The molecule has 0 saturated heterocycles. The van der Waals surface area contributed by atoms with Gasteiger partial charge in [0.05, 0.1) is 0 Å². The van der Waals surface area contributed by atoms with Crippen molar-refractivity contribution in [3.63, 3.8) is 0 Å². The molecule has 0 aliphatic carbocycles. The molecule has 0 spiro atoms. The van der Waals surface area contributed by atoms with E-state index in [4.69, 9.17) is 10.9 Å². The number of nitrogens with zero attached hydrogens (tertiary/aromatic N) is 2. The first-order valence-corrected chi connectivity index (χ1v) is 6.80. The molecule has 2 atom stereocenters. The maximum absolute atomic E-state index is 8.78. The summed E-state index contributed by atoms with van der Waals surface area (Å²) in [5, 5.41) is 11.9. The van der Waals surface area contributed by atoms with Gasteiger partial charge in [0.25, 0.3) is 0 Å². The van der Waals surface area contributed by atoms with Crippen LogP contribution in [0.1, 0.15) is 38.3 Å². The van der Waals surface area contributed by atoms with Gasteiger partial charge in [0.15, 0.2) is 0 Å². The van der Waals surface area contributed by atoms with Crippen LogP contribution in [0, 0.1) is 5.92 Å². The van der Waals surface area contributed by atoms with E-state index in [0.717, 1.165) is 13.0 Å². The Balaban J connectivity index is 2.86. The molecule has 1 rings (SSSR count). The van der Waals surface area contributed by atoms with Crippen molar-refractivity contribution < 1.29 is 5.21 Å². The zero-order chi connectivity index (χ0) is 14.3. The van der Waals surface area contributed by atoms with E-state index in [2.05, 4.69) is 43.1 Å². The molecule has 0 saturated carbocycles. The molecule has 0 aliphatic rings. The smallest absolute Gasteiger partial charge is 0.141 e. The van der Waals surface area contributed by atoms with Crippen LogP contribution in [-0.4, -0.2) is 29.5 Å². The molecular weight excluding hydrogens is 238 g/mol. The summed E-state index contributed by atoms with van der Waals surface area (Å²) in [5.74, 6) is 0.897. The topological polar surface area (TPSA) is 61.8 Å². The summed E-state index contributed by atoms with van der Waals surface area (Å²) >= 11 is 0. The van der Waals surface area contributed by atoms with Crippen LogP contribution in [0.3, 0.4) is 0 Å². The zero-order valence-electron chi connectivity index (χ0n) is 12.1. The highest BCUT2D eigenvalue weighted by molar-refractivity contribution is 5.80. The van der Waals surface area contributed by atoms with E-state index in [-0.39, 0.29) is 11.9 Å². The summed E-state index contributed by atoms with van der Waals surface area (Å²) in [7, 11) is 2.09. The predicted octanol–water partition coefficient (Wildman–Crippen LogP) is 2.84. The van der Waals surface area contributed by atoms with Crippen LogP contribution in [0.4, 0.5) is 0 Å². The van der Waals surface area contributed by atoms with E-state index in [1.165, 1.54) is 5.56 Å². The maximum Gasteiger partial charge on any atom is 0.141 e. The largest absolute Gasteiger partial charge is 0.409 e. The molecule has 0 bridgehead atoms. The summed E-state index contributed by atoms with van der Waals surface area (Å²) in [6, 6.07) is 10.4. The minimum absolute atomic E-state index is 0.145. The van der Waals surface area contributed by atoms with E-state index < -0.39 is 0 Å². The third kappa shape index (κ3) is 4.91. The van der Waals surface area contributed by atoms with Crippen molar-refractivity contribution >= 4 is 5.84 Å². The second kappa shape index (κ2) is 7.79. The fraction of sp³-hybridized carbons (Fsp3) is 0.533. The summed E-state index contributed by atoms with van der Waals surface area (Å²) in [5.41, 5.74) is 6.88. The van der Waals surface area contributed by atoms with Gasteiger partial charge in [-0.15, -0.1) is 0 Å². The molecule has 2 unspecified atom stereocenters. The molecule has 4 heteroatoms. The van der Waals surface area contributed by atoms with Crippen molar-refractivity contribution in [2.45, 2.75) is 32.7 Å². The van der Waals surface area contributed by atoms with Crippen LogP contribution in [0.5, 0.6) is 0 Å². The standard InChI is InChI=1S/C15H25N3O/c1-4-12(2)11-18(3)14(10-15(16)17-19)13-8-6-5-7-9-13/h5-9,12,14,19H,4,10-11H2,1-3H3,(H2,16,17). The third-order valence-electron chi connectivity index (χ3n) is 3.54. The number of amidine groups is 1. The molecule has 4 nitrogen and oxygen atoms in total. The van der Waals surface area contributed by atoms with Crippen molar-refractivity contribution in [3.05, 3.63) is 35.9 Å². The lowest BCUT2D eigenvalue weighted by Crippen LogP contribution is -2.32. The van der Waals surface area contributed by atoms with Gasteiger partial charge in [-0.3, -0.25) is 4.90 Å². The Morgan fingerprint density at radius 2 is 2.00 bits per heavy atom. The van der Waals surface area contributed by atoms with E-state index in [9.17, 15) is 0 Å². The van der Waals surface area contributed by atoms with Gasteiger partial charge in [-0.25, -0.2) is 0 Å². The van der Waals surface area contributed by atoms with Gasteiger partial charge in [-0.2, -0.15) is 0 Å². The fourth-order valence-electron chi connectivity index (χ4n) is 2.19. The van der Waals surface area contributed by atoms with Gasteiger partial charge in [0.2, 0.25) is 0 Å². The minimum atomic E-state index is 0.145. The highest BCUT2D eigenvalue weighted by Gasteiger charge is 2.19. The molecule has 0 aromatic heterocycles. The maximum atomic E-state index is 8.78. The number of nitrogens with two attached hydrogens (primary N) is 1. The summed E-state index contributed by atoms with van der Waals surface area (Å²) < 4.78 is 0. The lowest BCUT2D eigenvalue weighted by molar-refractivity contribution is 0.213. The molecular formula is C15H25N3O. The van der Waals surface area contributed by atoms with E-state index in [0.29, 0.717) is 12.3 Å². The van der Waals surface area contributed by atoms with E-state index in [1.54, 1.807) is 0 Å². The van der Waals surface area contributed by atoms with Crippen LogP contribution >= 0.6 is 0 Å². The van der Waals surface area contributed by atoms with Gasteiger partial charge in [0.1, 0.15) is 5.84 Å². The van der Waals surface area contributed by atoms with Gasteiger partial charge in [0, 0.05) is 19.0 Å². The first-order chi connectivity index (χ1) is 9.08. The third-order valence-corrected chi connectivity index (χ3v) is 3.54. The average molecular weight is 263 g/mol. The molecule has 3 N–H and O–H groups in total. The summed E-state index contributed by atoms with van der Waals surface area (Å²) in [6.07, 6.45) is 1.68. The lowest BCUT2D eigenvalue weighted by atomic mass is 10.00. The van der Waals surface area contributed by atoms with Crippen LogP contribution in [0.15, 0.2) is 35.5 Å². The summed E-state index contributed by atoms with van der Waals surface area (Å²) in [6.45, 7) is 5.43. The second-order valence-corrected chi connectivity index (χ2v) is 5.17. The fourth-order valence-corrected chi connectivity index (χ4v) is 2.19. The molecule has 19 heavy (non-hydrogen) atoms. The molecule has 1 aromatic carbocycles. The van der Waals surface area contributed by atoms with Gasteiger partial charge < -0.3 is 10.9 Å². The molecule has 1 aromatic rings.